The second kappa shape index (κ2) is 7.25. The monoisotopic (exact) mass is 356 g/mol. The Kier molecular flexibility index (Phi) is 5.86. The van der Waals surface area contributed by atoms with Gasteiger partial charge in [0.15, 0.2) is 0 Å². The molecular formula is C16H29BrN4. The Morgan fingerprint density at radius 3 is 2.76 bits per heavy atom. The first-order valence-corrected chi connectivity index (χ1v) is 8.88. The van der Waals surface area contributed by atoms with Crippen LogP contribution in [-0.4, -0.2) is 39.9 Å². The van der Waals surface area contributed by atoms with Gasteiger partial charge in [0.1, 0.15) is 0 Å². The zero-order valence-electron chi connectivity index (χ0n) is 14.0. The van der Waals surface area contributed by atoms with Gasteiger partial charge in [0.2, 0.25) is 0 Å². The standard InChI is InChI=1S/C16H29BrN4/c1-6-11(2)14-9-21(12(3)7-8-18-14)10-15-16(17)13(4)19-20(15)5/h11-12,14,18H,6-10H2,1-5H3. The van der Waals surface area contributed by atoms with E-state index in [1.807, 2.05) is 11.7 Å². The number of nitrogens with zero attached hydrogens (tertiary/aromatic N) is 3. The fraction of sp³-hybridized carbons (Fsp3) is 0.812. The van der Waals surface area contributed by atoms with Crippen molar-refractivity contribution in [2.45, 2.75) is 59.2 Å². The van der Waals surface area contributed by atoms with E-state index in [0.29, 0.717) is 12.1 Å². The number of hydrogen-bond donors (Lipinski definition) is 1. The van der Waals surface area contributed by atoms with Crippen molar-refractivity contribution in [2.75, 3.05) is 13.1 Å². The molecule has 4 nitrogen and oxygen atoms in total. The molecule has 1 fully saturated rings. The number of aryl methyl sites for hydroxylation is 2. The molecule has 21 heavy (non-hydrogen) atoms. The molecule has 0 radical (unpaired) electrons. The van der Waals surface area contributed by atoms with Gasteiger partial charge in [0, 0.05) is 32.2 Å². The summed E-state index contributed by atoms with van der Waals surface area (Å²) in [7, 11) is 2.04. The van der Waals surface area contributed by atoms with Gasteiger partial charge < -0.3 is 5.32 Å². The molecule has 2 heterocycles. The molecule has 2 rings (SSSR count). The van der Waals surface area contributed by atoms with Crippen LogP contribution in [0.4, 0.5) is 0 Å². The van der Waals surface area contributed by atoms with Gasteiger partial charge in [0.05, 0.1) is 15.9 Å². The van der Waals surface area contributed by atoms with Crippen LogP contribution in [0.25, 0.3) is 0 Å². The van der Waals surface area contributed by atoms with Gasteiger partial charge in [-0.15, -0.1) is 0 Å². The average molecular weight is 357 g/mol. The van der Waals surface area contributed by atoms with Gasteiger partial charge in [-0.1, -0.05) is 20.3 Å². The Labute approximate surface area is 137 Å². The van der Waals surface area contributed by atoms with Crippen LogP contribution in [0.3, 0.4) is 0 Å². The normalized spacial score (nSPS) is 25.8. The maximum absolute atomic E-state index is 4.52. The first-order chi connectivity index (χ1) is 9.93. The van der Waals surface area contributed by atoms with E-state index < -0.39 is 0 Å². The van der Waals surface area contributed by atoms with E-state index in [2.05, 4.69) is 58.9 Å². The minimum atomic E-state index is 0.591. The maximum atomic E-state index is 4.52. The van der Waals surface area contributed by atoms with E-state index in [1.165, 1.54) is 18.5 Å². The molecule has 1 aliphatic heterocycles. The highest BCUT2D eigenvalue weighted by molar-refractivity contribution is 9.10. The van der Waals surface area contributed by atoms with Gasteiger partial charge >= 0.3 is 0 Å². The molecule has 120 valence electrons. The summed E-state index contributed by atoms with van der Waals surface area (Å²) < 4.78 is 3.18. The van der Waals surface area contributed by atoms with E-state index in [-0.39, 0.29) is 0 Å². The zero-order valence-corrected chi connectivity index (χ0v) is 15.6. The Morgan fingerprint density at radius 1 is 1.48 bits per heavy atom. The summed E-state index contributed by atoms with van der Waals surface area (Å²) in [6.07, 6.45) is 2.44. The quantitative estimate of drug-likeness (QED) is 0.899. The number of halogens is 1. The fourth-order valence-corrected chi connectivity index (χ4v) is 3.55. The van der Waals surface area contributed by atoms with Crippen LogP contribution in [0.15, 0.2) is 4.47 Å². The molecular weight excluding hydrogens is 328 g/mol. The lowest BCUT2D eigenvalue weighted by Gasteiger charge is -2.31. The lowest BCUT2D eigenvalue weighted by molar-refractivity contribution is 0.176. The summed E-state index contributed by atoms with van der Waals surface area (Å²) in [6.45, 7) is 12.3. The molecule has 1 aliphatic rings. The zero-order chi connectivity index (χ0) is 15.6. The third kappa shape index (κ3) is 3.88. The van der Waals surface area contributed by atoms with Crippen LogP contribution >= 0.6 is 15.9 Å². The summed E-state index contributed by atoms with van der Waals surface area (Å²) in [5.74, 6) is 0.717. The van der Waals surface area contributed by atoms with Gasteiger partial charge in [-0.05, 0) is 48.7 Å². The lowest BCUT2D eigenvalue weighted by Crippen LogP contribution is -2.43. The number of hydrogen-bond acceptors (Lipinski definition) is 3. The van der Waals surface area contributed by atoms with Crippen molar-refractivity contribution in [2.24, 2.45) is 13.0 Å². The van der Waals surface area contributed by atoms with Crippen LogP contribution in [0.5, 0.6) is 0 Å². The van der Waals surface area contributed by atoms with E-state index in [1.54, 1.807) is 0 Å². The molecule has 3 atom stereocenters. The molecule has 1 aromatic heterocycles. The van der Waals surface area contributed by atoms with Gasteiger partial charge in [-0.2, -0.15) is 5.10 Å². The van der Waals surface area contributed by atoms with Crippen LogP contribution in [0.1, 0.15) is 45.0 Å². The first kappa shape index (κ1) is 17.0. The van der Waals surface area contributed by atoms with E-state index in [4.69, 9.17) is 0 Å². The van der Waals surface area contributed by atoms with Crippen molar-refractivity contribution in [3.63, 3.8) is 0 Å². The highest BCUT2D eigenvalue weighted by Gasteiger charge is 2.27. The minimum absolute atomic E-state index is 0.591. The predicted molar refractivity (Wildman–Crippen MR) is 91.4 cm³/mol. The summed E-state index contributed by atoms with van der Waals surface area (Å²) in [5, 5.41) is 8.26. The molecule has 0 aromatic carbocycles. The molecule has 0 spiro atoms. The summed E-state index contributed by atoms with van der Waals surface area (Å²) in [4.78, 5) is 2.61. The predicted octanol–water partition coefficient (Wildman–Crippen LogP) is 3.09. The maximum Gasteiger partial charge on any atom is 0.0739 e. The Hall–Kier alpha value is -0.390. The van der Waals surface area contributed by atoms with Crippen LogP contribution < -0.4 is 5.32 Å². The van der Waals surface area contributed by atoms with Gasteiger partial charge in [-0.25, -0.2) is 0 Å². The van der Waals surface area contributed by atoms with Crippen molar-refractivity contribution < 1.29 is 0 Å². The Morgan fingerprint density at radius 2 is 2.19 bits per heavy atom. The molecule has 3 unspecified atom stereocenters. The summed E-state index contributed by atoms with van der Waals surface area (Å²) >= 11 is 3.70. The molecule has 0 aliphatic carbocycles. The highest BCUT2D eigenvalue weighted by Crippen LogP contribution is 2.24. The molecule has 1 saturated heterocycles. The van der Waals surface area contributed by atoms with Crippen molar-refractivity contribution in [3.8, 4) is 0 Å². The fourth-order valence-electron chi connectivity index (χ4n) is 3.09. The van der Waals surface area contributed by atoms with Crippen molar-refractivity contribution in [3.05, 3.63) is 15.9 Å². The molecule has 0 saturated carbocycles. The second-order valence-corrected chi connectivity index (χ2v) is 7.28. The topological polar surface area (TPSA) is 33.1 Å². The van der Waals surface area contributed by atoms with Crippen molar-refractivity contribution in [1.82, 2.24) is 20.0 Å². The summed E-state index contributed by atoms with van der Waals surface area (Å²) in [6, 6.07) is 1.20. The van der Waals surface area contributed by atoms with Crippen LogP contribution in [-0.2, 0) is 13.6 Å². The Bertz CT molecular complexity index is 471. The first-order valence-electron chi connectivity index (χ1n) is 8.09. The van der Waals surface area contributed by atoms with Gasteiger partial charge in [-0.3, -0.25) is 9.58 Å². The molecule has 0 amide bonds. The Balaban J connectivity index is 2.15. The summed E-state index contributed by atoms with van der Waals surface area (Å²) in [5.41, 5.74) is 2.36. The number of aromatic nitrogens is 2. The van der Waals surface area contributed by atoms with Gasteiger partial charge in [0.25, 0.3) is 0 Å². The third-order valence-electron chi connectivity index (χ3n) is 4.97. The van der Waals surface area contributed by atoms with Crippen LogP contribution in [0.2, 0.25) is 0 Å². The van der Waals surface area contributed by atoms with E-state index >= 15 is 0 Å². The van der Waals surface area contributed by atoms with Crippen LogP contribution in [0, 0.1) is 12.8 Å². The van der Waals surface area contributed by atoms with Crippen molar-refractivity contribution >= 4 is 15.9 Å². The van der Waals surface area contributed by atoms with Crippen molar-refractivity contribution in [1.29, 1.82) is 0 Å². The second-order valence-electron chi connectivity index (χ2n) is 6.48. The molecule has 5 heteroatoms. The lowest BCUT2D eigenvalue weighted by atomic mass is 9.99. The largest absolute Gasteiger partial charge is 0.312 e. The smallest absolute Gasteiger partial charge is 0.0739 e. The highest BCUT2D eigenvalue weighted by atomic mass is 79.9. The number of nitrogens with one attached hydrogen (secondary N) is 1. The third-order valence-corrected chi connectivity index (χ3v) is 6.00. The SMILES string of the molecule is CCC(C)C1CN(Cc2c(Br)c(C)nn2C)C(C)CCN1. The van der Waals surface area contributed by atoms with E-state index in [9.17, 15) is 0 Å². The molecule has 0 bridgehead atoms. The average Bonchev–Trinajstić information content (AvgIpc) is 2.62. The van der Waals surface area contributed by atoms with E-state index in [0.717, 1.165) is 35.7 Å². The minimum Gasteiger partial charge on any atom is -0.312 e. The number of rotatable bonds is 4. The molecule has 1 N–H and O–H groups in total. The molecule has 1 aromatic rings.